The van der Waals surface area contributed by atoms with Crippen molar-refractivity contribution in [1.29, 1.82) is 0 Å². The van der Waals surface area contributed by atoms with E-state index >= 15 is 0 Å². The van der Waals surface area contributed by atoms with Gasteiger partial charge in [0.15, 0.2) is 0 Å². The summed E-state index contributed by atoms with van der Waals surface area (Å²) in [6, 6.07) is 0. The molecule has 0 saturated heterocycles. The van der Waals surface area contributed by atoms with Gasteiger partial charge in [-0.15, -0.1) is 0 Å². The molecule has 2 aromatic heterocycles. The number of fused-ring (bicyclic) bond motifs is 1. The number of halogens is 2. The summed E-state index contributed by atoms with van der Waals surface area (Å²) in [5.41, 5.74) is 6.26. The predicted molar refractivity (Wildman–Crippen MR) is 96.5 cm³/mol. The first-order valence-corrected chi connectivity index (χ1v) is 8.55. The molecule has 1 aliphatic carbocycles. The van der Waals surface area contributed by atoms with Crippen molar-refractivity contribution in [2.45, 2.75) is 19.8 Å². The molecule has 0 atom stereocenters. The molecular formula is C15H12Cl2N4O2S. The Morgan fingerprint density at radius 1 is 1.25 bits per heavy atom. The summed E-state index contributed by atoms with van der Waals surface area (Å²) in [5.74, 6) is -0.0951. The highest BCUT2D eigenvalue weighted by Crippen LogP contribution is 2.27. The van der Waals surface area contributed by atoms with Crippen molar-refractivity contribution in [1.82, 2.24) is 14.6 Å². The molecule has 2 heterocycles. The summed E-state index contributed by atoms with van der Waals surface area (Å²) in [6.45, 7) is 3.99. The van der Waals surface area contributed by atoms with E-state index in [0.717, 1.165) is 5.01 Å². The Kier molecular flexibility index (Phi) is 4.33. The molecular weight excluding hydrogens is 371 g/mol. The highest BCUT2D eigenvalue weighted by atomic mass is 35.5. The van der Waals surface area contributed by atoms with Crippen molar-refractivity contribution < 1.29 is 4.79 Å². The highest BCUT2D eigenvalue weighted by Gasteiger charge is 2.19. The van der Waals surface area contributed by atoms with Crippen LogP contribution in [-0.4, -0.2) is 20.4 Å². The molecule has 6 nitrogen and oxygen atoms in total. The molecule has 0 aliphatic heterocycles. The summed E-state index contributed by atoms with van der Waals surface area (Å²) < 4.78 is 1.44. The first kappa shape index (κ1) is 16.9. The number of carbonyl (C=O) groups is 1. The third-order valence-corrected chi connectivity index (χ3v) is 5.10. The molecule has 3 rings (SSSR count). The lowest BCUT2D eigenvalue weighted by Crippen LogP contribution is -2.17. The highest BCUT2D eigenvalue weighted by molar-refractivity contribution is 7.16. The maximum atomic E-state index is 12.3. The van der Waals surface area contributed by atoms with Crippen molar-refractivity contribution in [3.63, 3.8) is 0 Å². The first-order valence-electron chi connectivity index (χ1n) is 6.98. The summed E-state index contributed by atoms with van der Waals surface area (Å²) in [4.78, 5) is 28.3. The van der Waals surface area contributed by atoms with E-state index in [2.05, 4.69) is 10.1 Å². The maximum absolute atomic E-state index is 12.3. The second-order valence-electron chi connectivity index (χ2n) is 5.46. The third kappa shape index (κ3) is 2.90. The van der Waals surface area contributed by atoms with Crippen LogP contribution in [0.1, 0.15) is 30.3 Å². The van der Waals surface area contributed by atoms with E-state index in [9.17, 15) is 9.59 Å². The molecule has 0 bridgehead atoms. The minimum atomic E-state index is -0.482. The molecule has 1 aliphatic rings. The van der Waals surface area contributed by atoms with Crippen molar-refractivity contribution in [3.05, 3.63) is 48.7 Å². The van der Waals surface area contributed by atoms with Gasteiger partial charge in [-0.2, -0.15) is 14.6 Å². The minimum absolute atomic E-state index is 0.0304. The standard InChI is InChI=1S/C15H12Cl2N4O2S/c1-6(2)14-20-21-12(18)8(13(23)19-15(21)24-14)3-7-4-9(16)11(22)10(17)5-7/h3-6H,18H2,1-2H3. The summed E-state index contributed by atoms with van der Waals surface area (Å²) in [6.07, 6.45) is 4.33. The van der Waals surface area contributed by atoms with E-state index in [-0.39, 0.29) is 27.4 Å². The van der Waals surface area contributed by atoms with Crippen LogP contribution in [0.4, 0.5) is 5.82 Å². The van der Waals surface area contributed by atoms with Gasteiger partial charge >= 0.3 is 0 Å². The Labute approximate surface area is 150 Å². The quantitative estimate of drug-likeness (QED) is 0.861. The number of rotatable bonds is 2. The van der Waals surface area contributed by atoms with E-state index in [1.165, 1.54) is 34.1 Å². The lowest BCUT2D eigenvalue weighted by Gasteiger charge is -2.07. The van der Waals surface area contributed by atoms with Crippen LogP contribution in [0, 0.1) is 0 Å². The van der Waals surface area contributed by atoms with Crippen LogP contribution in [-0.2, 0) is 4.79 Å². The largest absolute Gasteiger partial charge is 0.383 e. The molecule has 2 aromatic rings. The van der Waals surface area contributed by atoms with Gasteiger partial charge in [-0.25, -0.2) is 0 Å². The molecule has 124 valence electrons. The van der Waals surface area contributed by atoms with E-state index in [4.69, 9.17) is 28.9 Å². The Balaban J connectivity index is 2.19. The van der Waals surface area contributed by atoms with Gasteiger partial charge in [0.1, 0.15) is 10.8 Å². The Bertz CT molecular complexity index is 990. The number of allylic oxidation sites excluding steroid dienone is 5. The van der Waals surface area contributed by atoms with Gasteiger partial charge in [0.05, 0.1) is 15.6 Å². The molecule has 9 heteroatoms. The Hall–Kier alpha value is -1.96. The fourth-order valence-corrected chi connectivity index (χ4v) is 3.50. The summed E-state index contributed by atoms with van der Waals surface area (Å²) in [5, 5.41) is 5.16. The van der Waals surface area contributed by atoms with E-state index in [1.807, 2.05) is 13.8 Å². The number of nitrogen functional groups attached to an aromatic ring is 1. The fourth-order valence-electron chi connectivity index (χ4n) is 2.09. The lowest BCUT2D eigenvalue weighted by atomic mass is 10.1. The number of hydrogen-bond acceptors (Lipinski definition) is 6. The third-order valence-electron chi connectivity index (χ3n) is 3.33. The topological polar surface area (TPSA) is 90.4 Å². The number of nitrogens with two attached hydrogens (primary N) is 1. The summed E-state index contributed by atoms with van der Waals surface area (Å²) >= 11 is 13.0. The molecule has 0 unspecified atom stereocenters. The number of Topliss-reactive ketones (excluding diaryl/α,β-unsaturated/α-hetero) is 1. The number of anilines is 1. The fraction of sp³-hybridized carbons (Fsp3) is 0.200. The average Bonchev–Trinajstić information content (AvgIpc) is 2.93. The van der Waals surface area contributed by atoms with Crippen LogP contribution in [0.25, 0.3) is 11.0 Å². The van der Waals surface area contributed by atoms with Gasteiger partial charge < -0.3 is 5.73 Å². The monoisotopic (exact) mass is 382 g/mol. The Morgan fingerprint density at radius 3 is 2.46 bits per heavy atom. The number of nitrogens with zero attached hydrogens (tertiary/aromatic N) is 3. The second-order valence-corrected chi connectivity index (χ2v) is 7.27. The normalized spacial score (nSPS) is 15.0. The van der Waals surface area contributed by atoms with Crippen LogP contribution < -0.4 is 11.3 Å². The Morgan fingerprint density at radius 2 is 1.88 bits per heavy atom. The van der Waals surface area contributed by atoms with Crippen LogP contribution >= 0.6 is 34.5 Å². The van der Waals surface area contributed by atoms with Gasteiger partial charge in [-0.1, -0.05) is 48.4 Å². The van der Waals surface area contributed by atoms with Crippen molar-refractivity contribution in [3.8, 4) is 0 Å². The molecule has 0 amide bonds. The van der Waals surface area contributed by atoms with Gasteiger partial charge in [0.25, 0.3) is 5.56 Å². The predicted octanol–water partition coefficient (Wildman–Crippen LogP) is 3.07. The number of aromatic nitrogens is 3. The van der Waals surface area contributed by atoms with Gasteiger partial charge in [0.2, 0.25) is 10.7 Å². The average molecular weight is 383 g/mol. The zero-order valence-electron chi connectivity index (χ0n) is 12.7. The number of ketones is 1. The van der Waals surface area contributed by atoms with E-state index in [0.29, 0.717) is 10.5 Å². The summed E-state index contributed by atoms with van der Waals surface area (Å²) in [7, 11) is 0. The number of carbonyl (C=O) groups excluding carboxylic acids is 1. The van der Waals surface area contributed by atoms with Crippen LogP contribution in [0.3, 0.4) is 0 Å². The minimum Gasteiger partial charge on any atom is -0.383 e. The zero-order valence-corrected chi connectivity index (χ0v) is 15.0. The van der Waals surface area contributed by atoms with E-state index < -0.39 is 11.3 Å². The van der Waals surface area contributed by atoms with Gasteiger partial charge in [-0.05, 0) is 23.8 Å². The molecule has 24 heavy (non-hydrogen) atoms. The lowest BCUT2D eigenvalue weighted by molar-refractivity contribution is -0.111. The van der Waals surface area contributed by atoms with Crippen molar-refractivity contribution >= 4 is 57.2 Å². The molecule has 0 fully saturated rings. The second kappa shape index (κ2) is 6.16. The smallest absolute Gasteiger partial charge is 0.283 e. The van der Waals surface area contributed by atoms with Crippen LogP contribution in [0.2, 0.25) is 0 Å². The van der Waals surface area contributed by atoms with Crippen LogP contribution in [0.5, 0.6) is 0 Å². The molecule has 0 spiro atoms. The van der Waals surface area contributed by atoms with Gasteiger partial charge in [-0.3, -0.25) is 9.59 Å². The molecule has 0 radical (unpaired) electrons. The van der Waals surface area contributed by atoms with Crippen molar-refractivity contribution in [2.75, 3.05) is 5.73 Å². The molecule has 0 saturated carbocycles. The van der Waals surface area contributed by atoms with Crippen molar-refractivity contribution in [2.24, 2.45) is 0 Å². The van der Waals surface area contributed by atoms with Gasteiger partial charge in [0, 0.05) is 5.92 Å². The van der Waals surface area contributed by atoms with E-state index in [1.54, 1.807) is 0 Å². The first-order chi connectivity index (χ1) is 11.3. The maximum Gasteiger partial charge on any atom is 0.283 e. The SMILES string of the molecule is CC(C)c1nn2c(N)c(C=C3C=C(Cl)C(=O)C(Cl)=C3)c(=O)nc2s1. The molecule has 0 aromatic carbocycles. The number of hydrogen-bond donors (Lipinski definition) is 1. The molecule has 2 N–H and O–H groups in total. The van der Waals surface area contributed by atoms with Crippen LogP contribution in [0.15, 0.2) is 32.6 Å². The zero-order chi connectivity index (χ0) is 17.6.